The Bertz CT molecular complexity index is 3060. The quantitative estimate of drug-likeness (QED) is 0.0742. The van der Waals surface area contributed by atoms with E-state index in [1.807, 2.05) is 49.5 Å². The number of benzene rings is 4. The van der Waals surface area contributed by atoms with E-state index in [9.17, 15) is 19.5 Å². The fourth-order valence-corrected chi connectivity index (χ4v) is 12.9. The molecule has 5 heterocycles. The van der Waals surface area contributed by atoms with Crippen LogP contribution in [0.4, 0.5) is 28.2 Å². The molecule has 14 nitrogen and oxygen atoms in total. The van der Waals surface area contributed by atoms with Crippen molar-refractivity contribution in [1.29, 1.82) is 0 Å². The van der Waals surface area contributed by atoms with Crippen LogP contribution >= 0.6 is 11.6 Å². The Hall–Kier alpha value is -6.21. The van der Waals surface area contributed by atoms with Gasteiger partial charge in [0.2, 0.25) is 11.8 Å². The standard InChI is InChI=1S/C57H65ClF4N8O6/c1-33-45-43(30-41(60)49(58)48(45)47-38(53(63)73)9-10-42(50(47)61)75-28-27-71)76-57(33,36-7-5-4-6-8-36)20-21-64-37-11-18-56(2,19-12-37)32-69-22-13-34(14-23-69)31-68-24-15-35(16-25-68)46-40(59)29-39-52(51(46)62)67(3)66-54(39)70-26-17-44(72)65-55(70)74/h4-10,20-21,29-30,33-35,37,64,71H,11-19,22-28,31-32H2,1-3H3,(H2,63,73)(H,65,72,74)/b21-20-/t33-,37?,56?,57-/m0/s1. The molecule has 5 N–H and O–H groups in total. The molecule has 76 heavy (non-hydrogen) atoms. The van der Waals surface area contributed by atoms with Crippen molar-refractivity contribution in [1.82, 2.24) is 30.2 Å². The number of amides is 4. The zero-order chi connectivity index (χ0) is 53.6. The van der Waals surface area contributed by atoms with E-state index in [0.29, 0.717) is 24.3 Å². The van der Waals surface area contributed by atoms with Gasteiger partial charge in [-0.3, -0.25) is 24.5 Å². The maximum atomic E-state index is 16.5. The Labute approximate surface area is 444 Å². The summed E-state index contributed by atoms with van der Waals surface area (Å²) in [5, 5.41) is 19.4. The number of hydrogen-bond acceptors (Lipinski definition) is 10. The van der Waals surface area contributed by atoms with Gasteiger partial charge in [0.15, 0.2) is 28.8 Å². The summed E-state index contributed by atoms with van der Waals surface area (Å²) in [4.78, 5) is 43.4. The van der Waals surface area contributed by atoms with Gasteiger partial charge in [0, 0.05) is 73.4 Å². The summed E-state index contributed by atoms with van der Waals surface area (Å²) < 4.78 is 78.0. The number of likely N-dealkylation sites (tertiary alicyclic amines) is 2. The molecule has 0 radical (unpaired) electrons. The first-order chi connectivity index (χ1) is 36.5. The highest BCUT2D eigenvalue weighted by atomic mass is 35.5. The van der Waals surface area contributed by atoms with Gasteiger partial charge in [-0.2, -0.15) is 5.10 Å². The lowest BCUT2D eigenvalue weighted by Crippen LogP contribution is -2.49. The van der Waals surface area contributed by atoms with Gasteiger partial charge in [0.05, 0.1) is 22.6 Å². The third kappa shape index (κ3) is 10.1. The highest BCUT2D eigenvalue weighted by Crippen LogP contribution is 2.57. The summed E-state index contributed by atoms with van der Waals surface area (Å²) in [6, 6.07) is 14.1. The number of imide groups is 1. The van der Waals surface area contributed by atoms with Crippen LogP contribution in [0.15, 0.2) is 66.9 Å². The lowest BCUT2D eigenvalue weighted by molar-refractivity contribution is -0.120. The van der Waals surface area contributed by atoms with Crippen LogP contribution in [0, 0.1) is 34.6 Å². The van der Waals surface area contributed by atoms with Crippen LogP contribution in [0.2, 0.25) is 5.02 Å². The number of primary amides is 1. The molecular weight excluding hydrogens is 1000 g/mol. The summed E-state index contributed by atoms with van der Waals surface area (Å²) in [6.45, 7) is 9.31. The number of aliphatic hydroxyl groups is 1. The number of urea groups is 1. The molecular formula is C57H65ClF4N8O6. The Kier molecular flexibility index (Phi) is 15.2. The van der Waals surface area contributed by atoms with Crippen molar-refractivity contribution in [2.75, 3.05) is 63.9 Å². The summed E-state index contributed by atoms with van der Waals surface area (Å²) in [7, 11) is 1.58. The molecule has 404 valence electrons. The minimum atomic E-state index is -1.19. The Morgan fingerprint density at radius 3 is 2.33 bits per heavy atom. The third-order valence-corrected chi connectivity index (χ3v) is 17.2. The zero-order valence-electron chi connectivity index (χ0n) is 43.1. The van der Waals surface area contributed by atoms with Crippen molar-refractivity contribution in [3.63, 3.8) is 0 Å². The number of rotatable bonds is 15. The molecule has 2 atom stereocenters. The molecule has 1 aliphatic carbocycles. The van der Waals surface area contributed by atoms with E-state index < -0.39 is 57.7 Å². The minimum absolute atomic E-state index is 0.0595. The van der Waals surface area contributed by atoms with Gasteiger partial charge in [0.1, 0.15) is 29.5 Å². The van der Waals surface area contributed by atoms with Gasteiger partial charge in [-0.15, -0.1) is 0 Å². The molecule has 1 saturated carbocycles. The summed E-state index contributed by atoms with van der Waals surface area (Å²) in [5.74, 6) is -4.76. The van der Waals surface area contributed by atoms with Crippen LogP contribution in [0.25, 0.3) is 22.0 Å². The average Bonchev–Trinajstić information content (AvgIpc) is 3.89. The molecule has 1 aromatic heterocycles. The number of carbonyl (C=O) groups excluding carboxylic acids is 3. The lowest BCUT2D eigenvalue weighted by atomic mass is 9.73. The number of fused-ring (bicyclic) bond motifs is 2. The molecule has 5 aromatic rings. The fourth-order valence-electron chi connectivity index (χ4n) is 12.7. The predicted octanol–water partition coefficient (Wildman–Crippen LogP) is 9.40. The van der Waals surface area contributed by atoms with Gasteiger partial charge in [-0.1, -0.05) is 55.8 Å². The topological polar surface area (TPSA) is 168 Å². The van der Waals surface area contributed by atoms with E-state index in [4.69, 9.17) is 26.8 Å². The van der Waals surface area contributed by atoms with Crippen LogP contribution in [0.3, 0.4) is 0 Å². The van der Waals surface area contributed by atoms with E-state index in [2.05, 4.69) is 32.5 Å². The summed E-state index contributed by atoms with van der Waals surface area (Å²) >= 11 is 6.72. The number of nitrogens with zero attached hydrogens (tertiary/aromatic N) is 5. The third-order valence-electron chi connectivity index (χ3n) is 16.8. The molecule has 10 rings (SSSR count). The predicted molar refractivity (Wildman–Crippen MR) is 281 cm³/mol. The SMILES string of the molecule is C[C@H]1c2c(cc(F)c(Cl)c2-c2c(C(N)=O)ccc(OCCO)c2F)O[C@]1(/C=C\NC1CCC(C)(CN2CCC(CN3CCC(c4c(F)cc5c(N6CCC(=O)NC6=O)nn(C)c5c4F)CC3)CC2)CC1)c1ccccc1. The zero-order valence-corrected chi connectivity index (χ0v) is 43.8. The Morgan fingerprint density at radius 1 is 0.934 bits per heavy atom. The average molecular weight is 1070 g/mol. The highest BCUT2D eigenvalue weighted by Gasteiger charge is 2.49. The van der Waals surface area contributed by atoms with Crippen LogP contribution < -0.4 is 30.7 Å². The Morgan fingerprint density at radius 2 is 1.64 bits per heavy atom. The number of halogens is 5. The molecule has 4 aliphatic heterocycles. The lowest BCUT2D eigenvalue weighted by Gasteiger charge is -2.43. The summed E-state index contributed by atoms with van der Waals surface area (Å²) in [6.07, 6.45) is 11.4. The number of aryl methyl sites for hydroxylation is 1. The number of nitrogens with one attached hydrogen (secondary N) is 2. The number of anilines is 1. The van der Waals surface area contributed by atoms with Gasteiger partial charge in [-0.25, -0.2) is 22.4 Å². The van der Waals surface area contributed by atoms with Crippen molar-refractivity contribution in [2.24, 2.45) is 24.1 Å². The van der Waals surface area contributed by atoms with E-state index in [1.165, 1.54) is 33.8 Å². The maximum Gasteiger partial charge on any atom is 0.329 e. The molecule has 19 heteroatoms. The first-order valence-corrected chi connectivity index (χ1v) is 26.8. The first-order valence-electron chi connectivity index (χ1n) is 26.5. The van der Waals surface area contributed by atoms with Crippen molar-refractivity contribution in [3.8, 4) is 22.6 Å². The van der Waals surface area contributed by atoms with Gasteiger partial charge >= 0.3 is 6.03 Å². The maximum absolute atomic E-state index is 16.5. The van der Waals surface area contributed by atoms with Gasteiger partial charge in [0.25, 0.3) is 0 Å². The molecule has 4 amide bonds. The van der Waals surface area contributed by atoms with Crippen LogP contribution in [0.5, 0.6) is 11.5 Å². The fraction of sp³-hybridized carbons (Fsp3) is 0.474. The first kappa shape index (κ1) is 53.2. The molecule has 0 spiro atoms. The van der Waals surface area contributed by atoms with Crippen LogP contribution in [-0.2, 0) is 17.4 Å². The molecule has 0 bridgehead atoms. The number of hydrogen-bond donors (Lipinski definition) is 4. The van der Waals surface area contributed by atoms with Crippen LogP contribution in [0.1, 0.15) is 111 Å². The normalized spacial score (nSPS) is 24.0. The number of aliphatic hydroxyl groups excluding tert-OH is 1. The van der Waals surface area contributed by atoms with Gasteiger partial charge < -0.3 is 35.4 Å². The Balaban J connectivity index is 0.735. The van der Waals surface area contributed by atoms with Crippen molar-refractivity contribution < 1.29 is 46.5 Å². The molecule has 4 aromatic carbocycles. The van der Waals surface area contributed by atoms with E-state index in [-0.39, 0.29) is 94.0 Å². The second kappa shape index (κ2) is 21.7. The number of nitrogens with two attached hydrogens (primary N) is 1. The number of ether oxygens (including phenoxy) is 2. The van der Waals surface area contributed by atoms with Crippen molar-refractivity contribution in [2.45, 2.75) is 95.1 Å². The van der Waals surface area contributed by atoms with E-state index >= 15 is 17.6 Å². The van der Waals surface area contributed by atoms with E-state index in [0.717, 1.165) is 83.4 Å². The monoisotopic (exact) mass is 1070 g/mol. The highest BCUT2D eigenvalue weighted by molar-refractivity contribution is 6.34. The second-order valence-electron chi connectivity index (χ2n) is 21.7. The van der Waals surface area contributed by atoms with E-state index in [1.54, 1.807) is 7.05 Å². The smallest absolute Gasteiger partial charge is 0.329 e. The molecule has 4 fully saturated rings. The van der Waals surface area contributed by atoms with Crippen LogP contribution in [-0.4, -0.2) is 108 Å². The minimum Gasteiger partial charge on any atom is -0.488 e. The van der Waals surface area contributed by atoms with Crippen molar-refractivity contribution in [3.05, 3.63) is 117 Å². The molecule has 0 unspecified atom stereocenters. The van der Waals surface area contributed by atoms with Gasteiger partial charge in [-0.05, 0) is 131 Å². The second-order valence-corrected chi connectivity index (χ2v) is 22.1. The largest absolute Gasteiger partial charge is 0.488 e. The number of aromatic nitrogens is 2. The molecule has 3 saturated heterocycles. The summed E-state index contributed by atoms with van der Waals surface area (Å²) in [5.41, 5.74) is 5.53. The number of piperidine rings is 2. The van der Waals surface area contributed by atoms with Crippen molar-refractivity contribution >= 4 is 46.2 Å². The molecule has 5 aliphatic rings. The number of carbonyl (C=O) groups is 3.